The first-order valence-electron chi connectivity index (χ1n) is 15.1. The number of unbranched alkanes of at least 4 members (excludes halogenated alkanes) is 2. The van der Waals surface area contributed by atoms with Crippen LogP contribution < -0.4 is 10.1 Å². The molecule has 41 heavy (non-hydrogen) atoms. The van der Waals surface area contributed by atoms with Crippen LogP contribution in [-0.4, -0.2) is 36.9 Å². The lowest BCUT2D eigenvalue weighted by Crippen LogP contribution is -2.65. The Morgan fingerprint density at radius 2 is 1.95 bits per heavy atom. The second kappa shape index (κ2) is 13.4. The van der Waals surface area contributed by atoms with Gasteiger partial charge in [0.15, 0.2) is 14.5 Å². The summed E-state index contributed by atoms with van der Waals surface area (Å²) in [5, 5.41) is 14.1. The van der Waals surface area contributed by atoms with Gasteiger partial charge < -0.3 is 24.3 Å². The summed E-state index contributed by atoms with van der Waals surface area (Å²) in [6, 6.07) is 3.84. The van der Waals surface area contributed by atoms with E-state index in [9.17, 15) is 9.90 Å². The van der Waals surface area contributed by atoms with E-state index < -0.39 is 20.5 Å². The second-order valence-electron chi connectivity index (χ2n) is 13.5. The predicted octanol–water partition coefficient (Wildman–Crippen LogP) is 8.30. The van der Waals surface area contributed by atoms with E-state index in [0.29, 0.717) is 11.3 Å². The first-order chi connectivity index (χ1) is 19.1. The first-order valence-corrected chi connectivity index (χ1v) is 18.4. The fourth-order valence-corrected chi connectivity index (χ4v) is 7.20. The monoisotopic (exact) mass is 601 g/mol. The molecule has 2 N–H and O–H groups in total. The summed E-state index contributed by atoms with van der Waals surface area (Å²) in [4.78, 5) is 12.6. The zero-order valence-corrected chi connectivity index (χ0v) is 28.4. The van der Waals surface area contributed by atoms with Gasteiger partial charge in [0.1, 0.15) is 17.4 Å². The number of phenolic OH excluding ortho intramolecular Hbond substituents is 1. The number of ether oxygens (including phenoxy) is 2. The topological polar surface area (TPSA) is 77.0 Å². The zero-order chi connectivity index (χ0) is 30.7. The van der Waals surface area contributed by atoms with Crippen molar-refractivity contribution in [2.24, 2.45) is 11.8 Å². The van der Waals surface area contributed by atoms with E-state index in [-0.39, 0.29) is 39.9 Å². The molecule has 1 heterocycles. The smallest absolute Gasteiger partial charge is 0.359 e. The Balaban J connectivity index is 1.86. The number of benzene rings is 1. The van der Waals surface area contributed by atoms with Crippen LogP contribution in [0.2, 0.25) is 18.1 Å². The Kier molecular flexibility index (Phi) is 10.9. The molecule has 5 atom stereocenters. The molecule has 6 nitrogen and oxygen atoms in total. The maximum atomic E-state index is 12.6. The van der Waals surface area contributed by atoms with Crippen molar-refractivity contribution in [2.75, 3.05) is 0 Å². The molecule has 1 aromatic rings. The summed E-state index contributed by atoms with van der Waals surface area (Å²) in [7, 11) is -2.09. The van der Waals surface area contributed by atoms with Gasteiger partial charge >= 0.3 is 5.24 Å². The number of aromatic hydroxyl groups is 1. The summed E-state index contributed by atoms with van der Waals surface area (Å²) in [5.74, 6) is 0.179. The fourth-order valence-electron chi connectivity index (χ4n) is 5.58. The van der Waals surface area contributed by atoms with Gasteiger partial charge in [-0.2, -0.15) is 0 Å². The van der Waals surface area contributed by atoms with E-state index in [1.54, 1.807) is 0 Å². The van der Waals surface area contributed by atoms with Crippen LogP contribution in [0.5, 0.6) is 11.5 Å². The van der Waals surface area contributed by atoms with Crippen molar-refractivity contribution < 1.29 is 23.8 Å². The number of thiocarbonyl (C=S) groups is 1. The highest BCUT2D eigenvalue weighted by atomic mass is 32.1. The van der Waals surface area contributed by atoms with Crippen LogP contribution in [0.1, 0.15) is 97.6 Å². The van der Waals surface area contributed by atoms with E-state index in [0.717, 1.165) is 49.7 Å². The Morgan fingerprint density at radius 1 is 1.27 bits per heavy atom. The molecule has 228 valence electrons. The van der Waals surface area contributed by atoms with Gasteiger partial charge in [0.2, 0.25) is 5.91 Å². The molecule has 0 saturated carbocycles. The molecule has 1 unspecified atom stereocenters. The highest BCUT2D eigenvalue weighted by Gasteiger charge is 2.49. The van der Waals surface area contributed by atoms with Crippen LogP contribution >= 0.6 is 12.2 Å². The van der Waals surface area contributed by atoms with Crippen molar-refractivity contribution in [1.29, 1.82) is 0 Å². The van der Waals surface area contributed by atoms with Crippen LogP contribution in [0.4, 0.5) is 0 Å². The molecular weight excluding hydrogens is 551 g/mol. The first kappa shape index (κ1) is 33.3. The highest BCUT2D eigenvalue weighted by molar-refractivity contribution is 7.79. The largest absolute Gasteiger partial charge is 0.507 e. The average Bonchev–Trinajstić information content (AvgIpc) is 2.82. The molecule has 0 radical (unpaired) electrons. The number of carbonyl (C=O) groups excluding carboxylic acids is 1. The second-order valence-corrected chi connectivity index (χ2v) is 18.6. The summed E-state index contributed by atoms with van der Waals surface area (Å²) in [6.07, 6.45) is 7.29. The van der Waals surface area contributed by atoms with Gasteiger partial charge in [0, 0.05) is 23.7 Å². The molecule has 0 bridgehead atoms. The third-order valence-electron chi connectivity index (χ3n) is 9.08. The molecule has 3 rings (SSSR count). The molecule has 2 aliphatic rings. The van der Waals surface area contributed by atoms with Crippen molar-refractivity contribution in [3.05, 3.63) is 47.1 Å². The van der Waals surface area contributed by atoms with Gasteiger partial charge in [0.05, 0.1) is 6.10 Å². The minimum Gasteiger partial charge on any atom is -0.507 e. The molecule has 0 aromatic heterocycles. The summed E-state index contributed by atoms with van der Waals surface area (Å²) >= 11 is 5.58. The number of rotatable bonds is 11. The van der Waals surface area contributed by atoms with Crippen molar-refractivity contribution in [3.63, 3.8) is 0 Å². The lowest BCUT2D eigenvalue weighted by Gasteiger charge is -2.44. The Labute approximate surface area is 254 Å². The molecule has 8 heteroatoms. The number of phenols is 1. The molecule has 1 aliphatic carbocycles. The van der Waals surface area contributed by atoms with Crippen LogP contribution in [0.3, 0.4) is 0 Å². The van der Waals surface area contributed by atoms with Crippen molar-refractivity contribution in [1.82, 2.24) is 5.32 Å². The van der Waals surface area contributed by atoms with E-state index >= 15 is 0 Å². The number of β-lactam (4-membered cyclic amide) rings is 1. The van der Waals surface area contributed by atoms with Gasteiger partial charge in [-0.25, -0.2) is 0 Å². The third-order valence-corrected chi connectivity index (χ3v) is 13.8. The molecule has 1 aromatic carbocycles. The van der Waals surface area contributed by atoms with Crippen LogP contribution in [0, 0.1) is 11.8 Å². The zero-order valence-electron chi connectivity index (χ0n) is 26.6. The predicted molar refractivity (Wildman–Crippen MR) is 173 cm³/mol. The minimum atomic E-state index is -2.09. The van der Waals surface area contributed by atoms with Crippen LogP contribution in [-0.2, 0) is 20.4 Å². The maximum absolute atomic E-state index is 12.6. The molecule has 1 fully saturated rings. The maximum Gasteiger partial charge on any atom is 0.359 e. The minimum absolute atomic E-state index is 0.0182. The third kappa shape index (κ3) is 8.02. The SMILES string of the molecule is C=C(C)[C@@H]1CCC(C)=C[C@H]1c1c(O)cc(CCCCC)cc1OC(=S)OC1NC(=O)[C@@H]1[C@@H](C)O[Si](C)(C)C(C)(C)C. The van der Waals surface area contributed by atoms with Crippen LogP contribution in [0.15, 0.2) is 35.9 Å². The number of aryl methyl sites for hydroxylation is 1. The number of carbonyl (C=O) groups is 1. The normalized spacial score (nSPS) is 23.6. The number of allylic oxidation sites excluding steroid dienone is 3. The number of nitrogens with one attached hydrogen (secondary N) is 1. The number of hydrogen-bond acceptors (Lipinski definition) is 6. The van der Waals surface area contributed by atoms with Gasteiger partial charge in [0.25, 0.3) is 0 Å². The molecule has 1 amide bonds. The van der Waals surface area contributed by atoms with Crippen molar-refractivity contribution >= 4 is 31.7 Å². The number of hydrogen-bond donors (Lipinski definition) is 2. The summed E-state index contributed by atoms with van der Waals surface area (Å²) in [5.41, 5.74) is 4.04. The highest BCUT2D eigenvalue weighted by Crippen LogP contribution is 2.47. The standard InChI is InChI=1S/C33H51NO5SSi/c1-11-12-13-14-23-18-26(35)29(25-17-21(4)15-16-24(25)20(2)3)27(19-23)37-32(40)38-31-28(30(36)34-31)22(5)39-41(9,10)33(6,7)8/h17-19,22,24-25,28,31,35H,2,11-16H2,1,3-10H3,(H,34,36)/t22-,24+,25-,28+,31?/m1/s1. The Bertz CT molecular complexity index is 1170. The van der Waals surface area contributed by atoms with Crippen molar-refractivity contribution in [2.45, 2.75) is 123 Å². The summed E-state index contributed by atoms with van der Waals surface area (Å²) in [6.45, 7) is 23.4. The van der Waals surface area contributed by atoms with E-state index in [1.165, 1.54) is 5.57 Å². The lowest BCUT2D eigenvalue weighted by molar-refractivity contribution is -0.153. The Hall–Kier alpha value is -2.16. The van der Waals surface area contributed by atoms with E-state index in [1.807, 2.05) is 26.0 Å². The lowest BCUT2D eigenvalue weighted by atomic mass is 9.73. The summed E-state index contributed by atoms with van der Waals surface area (Å²) < 4.78 is 18.7. The number of amides is 1. The van der Waals surface area contributed by atoms with Gasteiger partial charge in [-0.15, -0.1) is 0 Å². The van der Waals surface area contributed by atoms with Gasteiger partial charge in [-0.05, 0) is 88.2 Å². The quantitative estimate of drug-likeness (QED) is 0.0873. The molecule has 1 aliphatic heterocycles. The van der Waals surface area contributed by atoms with E-state index in [4.69, 9.17) is 26.1 Å². The average molecular weight is 602 g/mol. The molecule has 0 spiro atoms. The van der Waals surface area contributed by atoms with Crippen LogP contribution in [0.25, 0.3) is 0 Å². The van der Waals surface area contributed by atoms with Gasteiger partial charge in [-0.3, -0.25) is 4.79 Å². The fraction of sp³-hybridized carbons (Fsp3) is 0.636. The van der Waals surface area contributed by atoms with Crippen molar-refractivity contribution in [3.8, 4) is 11.5 Å². The molecule has 1 saturated heterocycles. The van der Waals surface area contributed by atoms with E-state index in [2.05, 4.69) is 65.7 Å². The Morgan fingerprint density at radius 3 is 2.54 bits per heavy atom. The molecular formula is C33H51NO5SSi. The van der Waals surface area contributed by atoms with Gasteiger partial charge in [-0.1, -0.05) is 64.3 Å².